The second-order valence-electron chi connectivity index (χ2n) is 4.89. The van der Waals surface area contributed by atoms with E-state index in [0.717, 1.165) is 17.9 Å². The van der Waals surface area contributed by atoms with Gasteiger partial charge in [0.15, 0.2) is 0 Å². The van der Waals surface area contributed by atoms with Gasteiger partial charge in [-0.25, -0.2) is 0 Å². The Hall–Kier alpha value is -1.55. The number of carbonyl (C=O) groups is 1. The van der Waals surface area contributed by atoms with E-state index in [2.05, 4.69) is 6.07 Å². The van der Waals surface area contributed by atoms with E-state index in [1.54, 1.807) is 0 Å². The van der Waals surface area contributed by atoms with Crippen molar-refractivity contribution in [1.82, 2.24) is 4.90 Å². The van der Waals surface area contributed by atoms with Crippen LogP contribution < -0.4 is 4.74 Å². The second kappa shape index (κ2) is 7.14. The first kappa shape index (κ1) is 15.5. The van der Waals surface area contributed by atoms with Crippen LogP contribution in [0.1, 0.15) is 31.4 Å². The van der Waals surface area contributed by atoms with Gasteiger partial charge >= 0.3 is 5.97 Å². The van der Waals surface area contributed by atoms with E-state index in [4.69, 9.17) is 9.84 Å². The van der Waals surface area contributed by atoms with E-state index in [0.29, 0.717) is 6.61 Å². The molecule has 106 valence electrons. The number of aliphatic carboxylic acids is 1. The number of ether oxygens (including phenoxy) is 1. The molecule has 1 unspecified atom stereocenters. The highest BCUT2D eigenvalue weighted by atomic mass is 16.5. The van der Waals surface area contributed by atoms with Gasteiger partial charge in [-0.05, 0) is 45.0 Å². The lowest BCUT2D eigenvalue weighted by molar-refractivity contribution is -0.138. The Morgan fingerprint density at radius 1 is 1.47 bits per heavy atom. The number of nitrogens with zero attached hydrogens (tertiary/aromatic N) is 1. The van der Waals surface area contributed by atoms with Crippen LogP contribution in [0.15, 0.2) is 18.2 Å². The standard InChI is InChI=1S/C15H23NO3/c1-5-19-14-7-6-13(8-11(14)2)10-16(4)12(3)9-15(17)18/h6-8,12H,5,9-10H2,1-4H3,(H,17,18). The summed E-state index contributed by atoms with van der Waals surface area (Å²) in [6.45, 7) is 7.32. The number of benzene rings is 1. The molecule has 0 aromatic heterocycles. The van der Waals surface area contributed by atoms with Crippen LogP contribution in [-0.2, 0) is 11.3 Å². The zero-order valence-electron chi connectivity index (χ0n) is 12.1. The molecule has 1 aromatic carbocycles. The Balaban J connectivity index is 2.66. The van der Waals surface area contributed by atoms with Crippen LogP contribution in [0.4, 0.5) is 0 Å². The van der Waals surface area contributed by atoms with Gasteiger partial charge in [0, 0.05) is 12.6 Å². The van der Waals surface area contributed by atoms with Gasteiger partial charge in [0.05, 0.1) is 13.0 Å². The minimum Gasteiger partial charge on any atom is -0.494 e. The number of hydrogen-bond donors (Lipinski definition) is 1. The molecule has 0 bridgehead atoms. The van der Waals surface area contributed by atoms with E-state index < -0.39 is 5.97 Å². The van der Waals surface area contributed by atoms with Gasteiger partial charge in [-0.1, -0.05) is 12.1 Å². The second-order valence-corrected chi connectivity index (χ2v) is 4.89. The fraction of sp³-hybridized carbons (Fsp3) is 0.533. The van der Waals surface area contributed by atoms with Crippen molar-refractivity contribution in [2.75, 3.05) is 13.7 Å². The largest absolute Gasteiger partial charge is 0.494 e. The normalized spacial score (nSPS) is 12.5. The van der Waals surface area contributed by atoms with E-state index in [9.17, 15) is 4.79 Å². The van der Waals surface area contributed by atoms with Crippen molar-refractivity contribution < 1.29 is 14.6 Å². The number of rotatable bonds is 7. The smallest absolute Gasteiger partial charge is 0.304 e. The van der Waals surface area contributed by atoms with Gasteiger partial charge in [0.25, 0.3) is 0 Å². The number of carboxylic acid groups (broad SMARTS) is 1. The molecular formula is C15H23NO3. The van der Waals surface area contributed by atoms with Gasteiger partial charge in [0.2, 0.25) is 0 Å². The molecule has 0 amide bonds. The minimum absolute atomic E-state index is 0.0179. The summed E-state index contributed by atoms with van der Waals surface area (Å²) >= 11 is 0. The fourth-order valence-electron chi connectivity index (χ4n) is 1.98. The molecule has 0 saturated carbocycles. The van der Waals surface area contributed by atoms with Crippen LogP contribution in [0.5, 0.6) is 5.75 Å². The highest BCUT2D eigenvalue weighted by Gasteiger charge is 2.13. The molecule has 0 spiro atoms. The lowest BCUT2D eigenvalue weighted by atomic mass is 10.1. The molecule has 1 rings (SSSR count). The predicted octanol–water partition coefficient (Wildman–Crippen LogP) is 2.69. The summed E-state index contributed by atoms with van der Waals surface area (Å²) in [4.78, 5) is 12.7. The topological polar surface area (TPSA) is 49.8 Å². The third-order valence-electron chi connectivity index (χ3n) is 3.19. The molecule has 0 fully saturated rings. The van der Waals surface area contributed by atoms with Crippen molar-refractivity contribution in [3.05, 3.63) is 29.3 Å². The molecule has 0 radical (unpaired) electrons. The summed E-state index contributed by atoms with van der Waals surface area (Å²) in [6, 6.07) is 6.12. The number of aryl methyl sites for hydroxylation is 1. The van der Waals surface area contributed by atoms with Crippen LogP contribution in [0.2, 0.25) is 0 Å². The first-order valence-electron chi connectivity index (χ1n) is 6.58. The third-order valence-corrected chi connectivity index (χ3v) is 3.19. The van der Waals surface area contributed by atoms with E-state index in [-0.39, 0.29) is 12.5 Å². The molecular weight excluding hydrogens is 242 g/mol. The maximum Gasteiger partial charge on any atom is 0.304 e. The summed E-state index contributed by atoms with van der Waals surface area (Å²) in [5, 5.41) is 8.80. The SMILES string of the molecule is CCOc1ccc(CN(C)C(C)CC(=O)O)cc1C. The molecule has 19 heavy (non-hydrogen) atoms. The maximum absolute atomic E-state index is 10.7. The fourth-order valence-corrected chi connectivity index (χ4v) is 1.98. The highest BCUT2D eigenvalue weighted by Crippen LogP contribution is 2.20. The Labute approximate surface area is 115 Å². The molecule has 4 heteroatoms. The minimum atomic E-state index is -0.762. The first-order chi connectivity index (χ1) is 8.93. The molecule has 0 saturated heterocycles. The molecule has 0 aliphatic rings. The van der Waals surface area contributed by atoms with Crippen molar-refractivity contribution >= 4 is 5.97 Å². The molecule has 1 aromatic rings. The van der Waals surface area contributed by atoms with Gasteiger partial charge in [-0.2, -0.15) is 0 Å². The maximum atomic E-state index is 10.7. The van der Waals surface area contributed by atoms with Crippen LogP contribution in [0.3, 0.4) is 0 Å². The van der Waals surface area contributed by atoms with Gasteiger partial charge in [-0.3, -0.25) is 9.69 Å². The quantitative estimate of drug-likeness (QED) is 0.823. The first-order valence-corrected chi connectivity index (χ1v) is 6.58. The Morgan fingerprint density at radius 3 is 2.68 bits per heavy atom. The van der Waals surface area contributed by atoms with Gasteiger partial charge < -0.3 is 9.84 Å². The average molecular weight is 265 g/mol. The van der Waals surface area contributed by atoms with E-state index >= 15 is 0 Å². The average Bonchev–Trinajstić information content (AvgIpc) is 2.32. The van der Waals surface area contributed by atoms with Crippen LogP contribution >= 0.6 is 0 Å². The molecule has 0 heterocycles. The van der Waals surface area contributed by atoms with E-state index in [1.807, 2.05) is 44.9 Å². The van der Waals surface area contributed by atoms with Crippen LogP contribution in [0.25, 0.3) is 0 Å². The molecule has 4 nitrogen and oxygen atoms in total. The summed E-state index contributed by atoms with van der Waals surface area (Å²) < 4.78 is 5.51. The molecule has 0 aliphatic heterocycles. The zero-order chi connectivity index (χ0) is 14.4. The summed E-state index contributed by atoms with van der Waals surface area (Å²) in [5.74, 6) is 0.148. The van der Waals surface area contributed by atoms with Crippen molar-refractivity contribution in [1.29, 1.82) is 0 Å². The van der Waals surface area contributed by atoms with Gasteiger partial charge in [0.1, 0.15) is 5.75 Å². The number of carboxylic acids is 1. The Bertz CT molecular complexity index is 431. The molecule has 0 aliphatic carbocycles. The van der Waals surface area contributed by atoms with Crippen molar-refractivity contribution in [3.63, 3.8) is 0 Å². The van der Waals surface area contributed by atoms with Crippen LogP contribution in [-0.4, -0.2) is 35.7 Å². The predicted molar refractivity (Wildman–Crippen MR) is 75.5 cm³/mol. The monoisotopic (exact) mass is 265 g/mol. The zero-order valence-corrected chi connectivity index (χ0v) is 12.1. The lowest BCUT2D eigenvalue weighted by Gasteiger charge is -2.23. The summed E-state index contributed by atoms with van der Waals surface area (Å²) in [5.41, 5.74) is 2.28. The highest BCUT2D eigenvalue weighted by molar-refractivity contribution is 5.67. The Morgan fingerprint density at radius 2 is 2.16 bits per heavy atom. The third kappa shape index (κ3) is 4.91. The number of hydrogen-bond acceptors (Lipinski definition) is 3. The lowest BCUT2D eigenvalue weighted by Crippen LogP contribution is -2.30. The summed E-state index contributed by atoms with van der Waals surface area (Å²) in [7, 11) is 1.94. The molecule has 1 N–H and O–H groups in total. The summed E-state index contributed by atoms with van der Waals surface area (Å²) in [6.07, 6.45) is 0.159. The van der Waals surface area contributed by atoms with Gasteiger partial charge in [-0.15, -0.1) is 0 Å². The Kier molecular flexibility index (Phi) is 5.83. The van der Waals surface area contributed by atoms with Crippen molar-refractivity contribution in [2.24, 2.45) is 0 Å². The molecule has 1 atom stereocenters. The van der Waals surface area contributed by atoms with Crippen molar-refractivity contribution in [2.45, 2.75) is 39.8 Å². The van der Waals surface area contributed by atoms with Crippen molar-refractivity contribution in [3.8, 4) is 5.75 Å². The van der Waals surface area contributed by atoms with E-state index in [1.165, 1.54) is 5.56 Å². The van der Waals surface area contributed by atoms with Crippen LogP contribution in [0, 0.1) is 6.92 Å².